The summed E-state index contributed by atoms with van der Waals surface area (Å²) in [4.78, 5) is 4.35. The topological polar surface area (TPSA) is 24.4 Å². The number of benzene rings is 1. The molecule has 1 N–H and O–H groups in total. The Balaban J connectivity index is 0.000000845. The molecule has 2 rings (SSSR count). The SMILES string of the molecule is Cc1cccc(C2=NCCN2)c1.Cl. The third-order valence-electron chi connectivity index (χ3n) is 1.97. The number of nitrogens with one attached hydrogen (secondary N) is 1. The van der Waals surface area contributed by atoms with Crippen LogP contribution in [0.2, 0.25) is 0 Å². The third-order valence-corrected chi connectivity index (χ3v) is 1.97. The molecule has 0 atom stereocenters. The monoisotopic (exact) mass is 196 g/mol. The fourth-order valence-corrected chi connectivity index (χ4v) is 1.38. The van der Waals surface area contributed by atoms with Crippen molar-refractivity contribution in [3.05, 3.63) is 35.4 Å². The van der Waals surface area contributed by atoms with Gasteiger partial charge in [-0.05, 0) is 13.0 Å². The highest BCUT2D eigenvalue weighted by molar-refractivity contribution is 5.99. The van der Waals surface area contributed by atoms with Crippen molar-refractivity contribution in [2.24, 2.45) is 4.99 Å². The maximum absolute atomic E-state index is 4.35. The Morgan fingerprint density at radius 1 is 1.38 bits per heavy atom. The van der Waals surface area contributed by atoms with Gasteiger partial charge in [0.1, 0.15) is 5.84 Å². The number of amidine groups is 1. The molecule has 0 amide bonds. The van der Waals surface area contributed by atoms with Crippen LogP contribution in [0.4, 0.5) is 0 Å². The molecular weight excluding hydrogens is 184 g/mol. The summed E-state index contributed by atoms with van der Waals surface area (Å²) in [7, 11) is 0. The molecule has 0 bridgehead atoms. The van der Waals surface area contributed by atoms with Gasteiger partial charge in [0.2, 0.25) is 0 Å². The molecule has 1 aliphatic heterocycles. The van der Waals surface area contributed by atoms with Gasteiger partial charge in [-0.1, -0.05) is 23.8 Å². The minimum Gasteiger partial charge on any atom is -0.368 e. The summed E-state index contributed by atoms with van der Waals surface area (Å²) in [5, 5.41) is 3.25. The van der Waals surface area contributed by atoms with E-state index in [-0.39, 0.29) is 12.4 Å². The van der Waals surface area contributed by atoms with Crippen molar-refractivity contribution in [2.75, 3.05) is 13.1 Å². The molecule has 0 saturated carbocycles. The van der Waals surface area contributed by atoms with Gasteiger partial charge >= 0.3 is 0 Å². The largest absolute Gasteiger partial charge is 0.368 e. The number of rotatable bonds is 1. The molecule has 70 valence electrons. The molecule has 3 heteroatoms. The molecule has 0 spiro atoms. The summed E-state index contributed by atoms with van der Waals surface area (Å²) in [5.41, 5.74) is 2.48. The van der Waals surface area contributed by atoms with Gasteiger partial charge in [-0.2, -0.15) is 0 Å². The van der Waals surface area contributed by atoms with Gasteiger partial charge in [0.25, 0.3) is 0 Å². The molecule has 0 aromatic heterocycles. The van der Waals surface area contributed by atoms with Crippen LogP contribution in [0.25, 0.3) is 0 Å². The third kappa shape index (κ3) is 2.22. The lowest BCUT2D eigenvalue weighted by molar-refractivity contribution is 0.960. The lowest BCUT2D eigenvalue weighted by atomic mass is 10.1. The second-order valence-corrected chi connectivity index (χ2v) is 3.03. The lowest BCUT2D eigenvalue weighted by Crippen LogP contribution is -2.19. The highest BCUT2D eigenvalue weighted by atomic mass is 35.5. The van der Waals surface area contributed by atoms with Gasteiger partial charge in [0.05, 0.1) is 6.54 Å². The van der Waals surface area contributed by atoms with E-state index in [1.54, 1.807) is 0 Å². The molecule has 1 aromatic carbocycles. The van der Waals surface area contributed by atoms with Crippen LogP contribution in [0.3, 0.4) is 0 Å². The summed E-state index contributed by atoms with van der Waals surface area (Å²) in [6.07, 6.45) is 0. The summed E-state index contributed by atoms with van der Waals surface area (Å²) in [5.74, 6) is 1.04. The summed E-state index contributed by atoms with van der Waals surface area (Å²) >= 11 is 0. The zero-order valence-corrected chi connectivity index (χ0v) is 8.40. The highest BCUT2D eigenvalue weighted by Crippen LogP contribution is 2.05. The minimum absolute atomic E-state index is 0. The van der Waals surface area contributed by atoms with Crippen molar-refractivity contribution in [3.63, 3.8) is 0 Å². The van der Waals surface area contributed by atoms with Crippen LogP contribution in [0.15, 0.2) is 29.3 Å². The highest BCUT2D eigenvalue weighted by Gasteiger charge is 2.06. The predicted molar refractivity (Wildman–Crippen MR) is 57.8 cm³/mol. The number of halogens is 1. The van der Waals surface area contributed by atoms with Gasteiger partial charge in [-0.15, -0.1) is 12.4 Å². The first kappa shape index (κ1) is 10.1. The van der Waals surface area contributed by atoms with Gasteiger partial charge in [0, 0.05) is 12.1 Å². The van der Waals surface area contributed by atoms with E-state index in [0.717, 1.165) is 18.9 Å². The first-order chi connectivity index (χ1) is 5.86. The Morgan fingerprint density at radius 2 is 2.23 bits per heavy atom. The Labute approximate surface area is 84.5 Å². The molecule has 0 aliphatic carbocycles. The number of aliphatic imine (C=N–C) groups is 1. The van der Waals surface area contributed by atoms with Gasteiger partial charge in [-0.3, -0.25) is 4.99 Å². The maximum Gasteiger partial charge on any atom is 0.128 e. The smallest absolute Gasteiger partial charge is 0.128 e. The van der Waals surface area contributed by atoms with Crippen LogP contribution >= 0.6 is 12.4 Å². The van der Waals surface area contributed by atoms with E-state index >= 15 is 0 Å². The number of aryl methyl sites for hydroxylation is 1. The van der Waals surface area contributed by atoms with Crippen LogP contribution in [0.1, 0.15) is 11.1 Å². The van der Waals surface area contributed by atoms with Crippen LogP contribution in [-0.4, -0.2) is 18.9 Å². The molecule has 0 radical (unpaired) electrons. The fourth-order valence-electron chi connectivity index (χ4n) is 1.38. The summed E-state index contributed by atoms with van der Waals surface area (Å²) in [6, 6.07) is 8.40. The normalized spacial score (nSPS) is 14.4. The summed E-state index contributed by atoms with van der Waals surface area (Å²) < 4.78 is 0. The van der Waals surface area contributed by atoms with Crippen molar-refractivity contribution in [2.45, 2.75) is 6.92 Å². The van der Waals surface area contributed by atoms with E-state index in [1.165, 1.54) is 11.1 Å². The Bertz CT molecular complexity index is 320. The van der Waals surface area contributed by atoms with Crippen molar-refractivity contribution >= 4 is 18.2 Å². The van der Waals surface area contributed by atoms with Gasteiger partial charge in [0.15, 0.2) is 0 Å². The number of hydrogen-bond donors (Lipinski definition) is 1. The quantitative estimate of drug-likeness (QED) is 0.728. The first-order valence-electron chi connectivity index (χ1n) is 4.21. The van der Waals surface area contributed by atoms with Crippen molar-refractivity contribution in [3.8, 4) is 0 Å². The van der Waals surface area contributed by atoms with E-state index in [9.17, 15) is 0 Å². The van der Waals surface area contributed by atoms with E-state index in [0.29, 0.717) is 0 Å². The van der Waals surface area contributed by atoms with E-state index in [2.05, 4.69) is 41.5 Å². The number of nitrogens with zero attached hydrogens (tertiary/aromatic N) is 1. The van der Waals surface area contributed by atoms with Crippen LogP contribution < -0.4 is 5.32 Å². The predicted octanol–water partition coefficient (Wildman–Crippen LogP) is 1.77. The summed E-state index contributed by atoms with van der Waals surface area (Å²) in [6.45, 7) is 3.98. The van der Waals surface area contributed by atoms with Crippen LogP contribution in [0.5, 0.6) is 0 Å². The van der Waals surface area contributed by atoms with Crippen molar-refractivity contribution < 1.29 is 0 Å². The molecule has 1 aliphatic rings. The minimum atomic E-state index is 0. The molecule has 0 fully saturated rings. The molecule has 1 aromatic rings. The average molecular weight is 197 g/mol. The molecular formula is C10H13ClN2. The fraction of sp³-hybridized carbons (Fsp3) is 0.300. The molecule has 13 heavy (non-hydrogen) atoms. The van der Waals surface area contributed by atoms with E-state index < -0.39 is 0 Å². The molecule has 0 unspecified atom stereocenters. The van der Waals surface area contributed by atoms with E-state index in [4.69, 9.17) is 0 Å². The zero-order chi connectivity index (χ0) is 8.39. The second-order valence-electron chi connectivity index (χ2n) is 3.03. The lowest BCUT2D eigenvalue weighted by Gasteiger charge is -2.02. The van der Waals surface area contributed by atoms with E-state index in [1.807, 2.05) is 0 Å². The van der Waals surface area contributed by atoms with Crippen LogP contribution in [0, 0.1) is 6.92 Å². The Morgan fingerprint density at radius 3 is 2.85 bits per heavy atom. The average Bonchev–Trinajstić information content (AvgIpc) is 2.56. The zero-order valence-electron chi connectivity index (χ0n) is 7.58. The van der Waals surface area contributed by atoms with Crippen LogP contribution in [-0.2, 0) is 0 Å². The number of hydrogen-bond acceptors (Lipinski definition) is 2. The van der Waals surface area contributed by atoms with Crippen molar-refractivity contribution in [1.29, 1.82) is 0 Å². The standard InChI is InChI=1S/C10H12N2.ClH/c1-8-3-2-4-9(7-8)10-11-5-6-12-10;/h2-4,7H,5-6H2,1H3,(H,11,12);1H. The maximum atomic E-state index is 4.35. The van der Waals surface area contributed by atoms with Gasteiger partial charge < -0.3 is 5.32 Å². The Kier molecular flexibility index (Phi) is 3.32. The second kappa shape index (κ2) is 4.28. The molecule has 2 nitrogen and oxygen atoms in total. The van der Waals surface area contributed by atoms with Gasteiger partial charge in [-0.25, -0.2) is 0 Å². The van der Waals surface area contributed by atoms with Crippen molar-refractivity contribution in [1.82, 2.24) is 5.32 Å². The first-order valence-corrected chi connectivity index (χ1v) is 4.21. The molecule has 0 saturated heterocycles. The Hall–Kier alpha value is -1.02. The molecule has 1 heterocycles.